The molecule has 2 N–H and O–H groups in total. The Hall–Kier alpha value is -2.89. The average molecular weight is 378 g/mol. The number of pyridine rings is 1. The van der Waals surface area contributed by atoms with Crippen LogP contribution < -0.4 is 10.6 Å². The van der Waals surface area contributed by atoms with Crippen molar-refractivity contribution in [3.8, 4) is 0 Å². The van der Waals surface area contributed by atoms with E-state index in [1.807, 2.05) is 35.2 Å². The van der Waals surface area contributed by atoms with E-state index in [9.17, 15) is 9.59 Å². The van der Waals surface area contributed by atoms with Crippen molar-refractivity contribution in [2.75, 3.05) is 18.4 Å². The fourth-order valence-corrected chi connectivity index (χ4v) is 4.13. The molecule has 1 saturated carbocycles. The number of rotatable bonds is 5. The maximum atomic E-state index is 12.6. The highest BCUT2D eigenvalue weighted by Crippen LogP contribution is 2.58. The van der Waals surface area contributed by atoms with Crippen molar-refractivity contribution in [3.63, 3.8) is 0 Å². The van der Waals surface area contributed by atoms with Crippen LogP contribution in [0.15, 0.2) is 48.8 Å². The Morgan fingerprint density at radius 2 is 2.11 bits per heavy atom. The van der Waals surface area contributed by atoms with Crippen molar-refractivity contribution < 1.29 is 9.59 Å². The summed E-state index contributed by atoms with van der Waals surface area (Å²) in [6.07, 6.45) is 6.17. The van der Waals surface area contributed by atoms with E-state index in [2.05, 4.69) is 28.6 Å². The zero-order valence-electron chi connectivity index (χ0n) is 16.1. The van der Waals surface area contributed by atoms with E-state index >= 15 is 0 Å². The Balaban J connectivity index is 1.29. The minimum Gasteiger partial charge on any atom is -0.352 e. The molecule has 1 saturated heterocycles. The summed E-state index contributed by atoms with van der Waals surface area (Å²) in [4.78, 5) is 31.1. The van der Waals surface area contributed by atoms with Gasteiger partial charge in [0.2, 0.25) is 5.91 Å². The number of aryl methyl sites for hydroxylation is 1. The molecule has 0 unspecified atom stereocenters. The number of carbonyl (C=O) groups is 2. The smallest absolute Gasteiger partial charge is 0.321 e. The third-order valence-electron chi connectivity index (χ3n) is 5.95. The molecule has 4 rings (SSSR count). The van der Waals surface area contributed by atoms with Crippen LogP contribution >= 0.6 is 0 Å². The summed E-state index contributed by atoms with van der Waals surface area (Å²) < 4.78 is 0. The molecule has 2 atom stereocenters. The molecule has 28 heavy (non-hydrogen) atoms. The van der Waals surface area contributed by atoms with Crippen molar-refractivity contribution in [3.05, 3.63) is 59.9 Å². The van der Waals surface area contributed by atoms with Gasteiger partial charge in [0.25, 0.3) is 0 Å². The first-order valence-corrected chi connectivity index (χ1v) is 9.91. The minimum atomic E-state index is -0.0773. The lowest BCUT2D eigenvalue weighted by molar-refractivity contribution is -0.123. The van der Waals surface area contributed by atoms with Crippen molar-refractivity contribution in [1.29, 1.82) is 0 Å². The van der Waals surface area contributed by atoms with Gasteiger partial charge in [-0.1, -0.05) is 25.1 Å². The van der Waals surface area contributed by atoms with E-state index in [1.54, 1.807) is 12.4 Å². The first-order valence-electron chi connectivity index (χ1n) is 9.91. The number of carbonyl (C=O) groups excluding carboxylic acids is 2. The highest BCUT2D eigenvalue weighted by molar-refractivity contribution is 5.90. The van der Waals surface area contributed by atoms with Crippen LogP contribution in [0.1, 0.15) is 30.9 Å². The minimum absolute atomic E-state index is 0.00499. The summed E-state index contributed by atoms with van der Waals surface area (Å²) in [5.41, 5.74) is 2.98. The number of benzene rings is 1. The van der Waals surface area contributed by atoms with Gasteiger partial charge in [0, 0.05) is 49.0 Å². The van der Waals surface area contributed by atoms with Crippen molar-refractivity contribution >= 4 is 17.6 Å². The van der Waals surface area contributed by atoms with Crippen LogP contribution in [0.25, 0.3) is 0 Å². The first kappa shape index (κ1) is 18.5. The monoisotopic (exact) mass is 378 g/mol. The predicted molar refractivity (Wildman–Crippen MR) is 108 cm³/mol. The van der Waals surface area contributed by atoms with Gasteiger partial charge < -0.3 is 15.5 Å². The van der Waals surface area contributed by atoms with Crippen LogP contribution in [0.4, 0.5) is 10.5 Å². The molecule has 1 spiro atoms. The van der Waals surface area contributed by atoms with Crippen LogP contribution in [0.2, 0.25) is 0 Å². The molecule has 1 aliphatic heterocycles. The van der Waals surface area contributed by atoms with Crippen molar-refractivity contribution in [1.82, 2.24) is 15.2 Å². The third-order valence-corrected chi connectivity index (χ3v) is 5.95. The number of nitrogens with one attached hydrogen (secondary N) is 2. The van der Waals surface area contributed by atoms with Crippen LogP contribution in [-0.4, -0.2) is 34.9 Å². The highest BCUT2D eigenvalue weighted by Gasteiger charge is 2.61. The van der Waals surface area contributed by atoms with Gasteiger partial charge in [-0.25, -0.2) is 4.79 Å². The summed E-state index contributed by atoms with van der Waals surface area (Å²) >= 11 is 0. The van der Waals surface area contributed by atoms with Crippen LogP contribution in [0, 0.1) is 11.3 Å². The number of aromatic nitrogens is 1. The van der Waals surface area contributed by atoms with Crippen LogP contribution in [-0.2, 0) is 17.8 Å². The maximum Gasteiger partial charge on any atom is 0.321 e. The Labute approximate surface area is 165 Å². The van der Waals surface area contributed by atoms with E-state index in [0.29, 0.717) is 19.6 Å². The molecule has 1 aromatic heterocycles. The fourth-order valence-electron chi connectivity index (χ4n) is 4.13. The zero-order chi connectivity index (χ0) is 19.6. The zero-order valence-corrected chi connectivity index (χ0v) is 16.1. The van der Waals surface area contributed by atoms with Gasteiger partial charge in [0.1, 0.15) is 0 Å². The van der Waals surface area contributed by atoms with Crippen molar-refractivity contribution in [2.45, 2.75) is 32.7 Å². The molecular weight excluding hydrogens is 352 g/mol. The maximum absolute atomic E-state index is 12.6. The lowest BCUT2D eigenvalue weighted by Crippen LogP contribution is -2.34. The molecule has 0 bridgehead atoms. The second kappa shape index (κ2) is 7.62. The molecule has 1 aliphatic carbocycles. The molecule has 6 nitrogen and oxygen atoms in total. The number of anilines is 1. The molecule has 3 amide bonds. The molecule has 0 radical (unpaired) electrons. The normalized spacial score (nSPS) is 22.9. The Morgan fingerprint density at radius 3 is 2.89 bits per heavy atom. The average Bonchev–Trinajstić information content (AvgIpc) is 3.26. The molecule has 146 valence electrons. The topological polar surface area (TPSA) is 74.3 Å². The Bertz CT molecular complexity index is 870. The van der Waals surface area contributed by atoms with E-state index in [4.69, 9.17) is 0 Å². The molecule has 6 heteroatoms. The quantitative estimate of drug-likeness (QED) is 0.839. The standard InChI is InChI=1S/C22H26N4O2/c1-2-16-5-3-7-18(11-16)25-21(28)26-10-8-22(15-26)12-19(22)20(27)24-14-17-6-4-9-23-13-17/h3-7,9,11,13,19H,2,8,10,12,14-15H2,1H3,(H,24,27)(H,25,28)/t19-,22+/m0/s1. The summed E-state index contributed by atoms with van der Waals surface area (Å²) in [7, 11) is 0. The summed E-state index contributed by atoms with van der Waals surface area (Å²) in [5.74, 6) is 0.0900. The van der Waals surface area contributed by atoms with E-state index in [0.717, 1.165) is 30.5 Å². The lowest BCUT2D eigenvalue weighted by atomic mass is 10.0. The molecule has 2 aliphatic rings. The van der Waals surface area contributed by atoms with Gasteiger partial charge in [-0.2, -0.15) is 0 Å². The number of nitrogens with zero attached hydrogens (tertiary/aromatic N) is 2. The predicted octanol–water partition coefficient (Wildman–Crippen LogP) is 3.20. The summed E-state index contributed by atoms with van der Waals surface area (Å²) in [6, 6.07) is 11.7. The van der Waals surface area contributed by atoms with Gasteiger partial charge >= 0.3 is 6.03 Å². The van der Waals surface area contributed by atoms with Gasteiger partial charge in [0.15, 0.2) is 0 Å². The van der Waals surface area contributed by atoms with E-state index in [1.165, 1.54) is 5.56 Å². The SMILES string of the molecule is CCc1cccc(NC(=O)N2CC[C@@]3(C[C@H]3C(=O)NCc3cccnc3)C2)c1. The highest BCUT2D eigenvalue weighted by atomic mass is 16.2. The number of urea groups is 1. The van der Waals surface area contributed by atoms with Gasteiger partial charge in [-0.05, 0) is 48.6 Å². The number of likely N-dealkylation sites (tertiary alicyclic amines) is 1. The second-order valence-electron chi connectivity index (χ2n) is 7.85. The number of hydrogen-bond donors (Lipinski definition) is 2. The van der Waals surface area contributed by atoms with E-state index in [-0.39, 0.29) is 23.3 Å². The largest absolute Gasteiger partial charge is 0.352 e. The Kier molecular flexibility index (Phi) is 5.03. The summed E-state index contributed by atoms with van der Waals surface area (Å²) in [6.45, 7) is 3.94. The summed E-state index contributed by atoms with van der Waals surface area (Å²) in [5, 5.41) is 6.00. The lowest BCUT2D eigenvalue weighted by Gasteiger charge is -2.18. The molecule has 2 heterocycles. The molecule has 2 aromatic rings. The molecular formula is C22H26N4O2. The van der Waals surface area contributed by atoms with Crippen LogP contribution in [0.5, 0.6) is 0 Å². The third kappa shape index (κ3) is 3.86. The number of amides is 3. The van der Waals surface area contributed by atoms with E-state index < -0.39 is 0 Å². The molecule has 2 fully saturated rings. The molecule has 1 aromatic carbocycles. The Morgan fingerprint density at radius 1 is 1.25 bits per heavy atom. The van der Waals surface area contributed by atoms with Crippen LogP contribution in [0.3, 0.4) is 0 Å². The van der Waals surface area contributed by atoms with Gasteiger partial charge in [-0.3, -0.25) is 9.78 Å². The first-order chi connectivity index (χ1) is 13.6. The number of hydrogen-bond acceptors (Lipinski definition) is 3. The van der Waals surface area contributed by atoms with Gasteiger partial charge in [-0.15, -0.1) is 0 Å². The van der Waals surface area contributed by atoms with Gasteiger partial charge in [0.05, 0.1) is 0 Å². The fraction of sp³-hybridized carbons (Fsp3) is 0.409. The van der Waals surface area contributed by atoms with Crippen molar-refractivity contribution in [2.24, 2.45) is 11.3 Å². The second-order valence-corrected chi connectivity index (χ2v) is 7.85.